The average Bonchev–Trinajstić information content (AvgIpc) is 2.84. The lowest BCUT2D eigenvalue weighted by Crippen LogP contribution is -2.35. The van der Waals surface area contributed by atoms with Gasteiger partial charge < -0.3 is 10.0 Å². The van der Waals surface area contributed by atoms with E-state index in [9.17, 15) is 14.7 Å². The molecule has 0 fully saturated rings. The first kappa shape index (κ1) is 19.5. The second kappa shape index (κ2) is 9.02. The molecule has 136 valence electrons. The molecular formula is C19H25ClN2O3. The van der Waals surface area contributed by atoms with Crippen LogP contribution in [0.25, 0.3) is 5.57 Å². The number of hydrogen-bond acceptors (Lipinski definition) is 4. The summed E-state index contributed by atoms with van der Waals surface area (Å²) in [4.78, 5) is 28.7. The highest BCUT2D eigenvalue weighted by atomic mass is 35.5. The number of carbonyl (C=O) groups excluding carboxylic acids is 2. The summed E-state index contributed by atoms with van der Waals surface area (Å²) in [6.45, 7) is 2.74. The van der Waals surface area contributed by atoms with Crippen LogP contribution in [0.5, 0.6) is 0 Å². The van der Waals surface area contributed by atoms with Gasteiger partial charge in [-0.15, -0.1) is 0 Å². The summed E-state index contributed by atoms with van der Waals surface area (Å²) in [5.74, 6) is -0.564. The minimum absolute atomic E-state index is 0.0914. The summed E-state index contributed by atoms with van der Waals surface area (Å²) < 4.78 is 0. The van der Waals surface area contributed by atoms with Crippen molar-refractivity contribution < 1.29 is 14.7 Å². The Kier molecular flexibility index (Phi) is 7.02. The SMILES string of the molecule is CCCCCCN1C(=O)C(c2ccc(Cl)cc2)=C(N(C)CCO)C1=O. The summed E-state index contributed by atoms with van der Waals surface area (Å²) >= 11 is 5.94. The maximum Gasteiger partial charge on any atom is 0.277 e. The first-order valence-electron chi connectivity index (χ1n) is 8.69. The molecule has 1 aliphatic heterocycles. The van der Waals surface area contributed by atoms with Gasteiger partial charge >= 0.3 is 0 Å². The third kappa shape index (κ3) is 4.41. The van der Waals surface area contributed by atoms with Crippen LogP contribution in [0.1, 0.15) is 38.2 Å². The summed E-state index contributed by atoms with van der Waals surface area (Å²) in [7, 11) is 1.72. The quantitative estimate of drug-likeness (QED) is 0.540. The van der Waals surface area contributed by atoms with E-state index in [1.165, 1.54) is 4.90 Å². The van der Waals surface area contributed by atoms with Crippen molar-refractivity contribution in [2.24, 2.45) is 0 Å². The number of hydrogen-bond donors (Lipinski definition) is 1. The Labute approximate surface area is 153 Å². The van der Waals surface area contributed by atoms with E-state index in [-0.39, 0.29) is 25.0 Å². The van der Waals surface area contributed by atoms with Crippen LogP contribution < -0.4 is 0 Å². The van der Waals surface area contributed by atoms with Crippen molar-refractivity contribution in [2.45, 2.75) is 32.6 Å². The molecule has 0 unspecified atom stereocenters. The Bertz CT molecular complexity index is 655. The number of aliphatic hydroxyl groups is 1. The first-order chi connectivity index (χ1) is 12.0. The molecule has 1 aliphatic rings. The highest BCUT2D eigenvalue weighted by Crippen LogP contribution is 2.31. The molecule has 0 aromatic heterocycles. The number of aliphatic hydroxyl groups excluding tert-OH is 1. The molecule has 0 spiro atoms. The zero-order valence-corrected chi connectivity index (χ0v) is 15.6. The van der Waals surface area contributed by atoms with Gasteiger partial charge in [-0.2, -0.15) is 0 Å². The Balaban J connectivity index is 2.32. The fourth-order valence-electron chi connectivity index (χ4n) is 2.96. The Morgan fingerprint density at radius 2 is 1.76 bits per heavy atom. The second-order valence-corrected chi connectivity index (χ2v) is 6.63. The lowest BCUT2D eigenvalue weighted by atomic mass is 10.0. The van der Waals surface area contributed by atoms with Gasteiger partial charge in [0.1, 0.15) is 5.70 Å². The van der Waals surface area contributed by atoms with Gasteiger partial charge in [-0.3, -0.25) is 14.5 Å². The standard InChI is InChI=1S/C19H25ClN2O3/c1-3-4-5-6-11-22-18(24)16(14-7-9-15(20)10-8-14)17(19(22)25)21(2)12-13-23/h7-10,23H,3-6,11-13H2,1-2H3. The highest BCUT2D eigenvalue weighted by Gasteiger charge is 2.40. The van der Waals surface area contributed by atoms with Crippen LogP contribution in [0, 0.1) is 0 Å². The highest BCUT2D eigenvalue weighted by molar-refractivity contribution is 6.36. The lowest BCUT2D eigenvalue weighted by Gasteiger charge is -2.20. The van der Waals surface area contributed by atoms with Gasteiger partial charge in [0, 0.05) is 25.2 Å². The van der Waals surface area contributed by atoms with Crippen molar-refractivity contribution in [1.29, 1.82) is 0 Å². The van der Waals surface area contributed by atoms with Gasteiger partial charge in [0.25, 0.3) is 11.8 Å². The normalized spacial score (nSPS) is 14.6. The lowest BCUT2D eigenvalue weighted by molar-refractivity contribution is -0.137. The molecule has 1 aromatic rings. The summed E-state index contributed by atoms with van der Waals surface area (Å²) in [6.07, 6.45) is 3.98. The number of halogens is 1. The molecule has 2 amide bonds. The van der Waals surface area contributed by atoms with Crippen molar-refractivity contribution >= 4 is 29.0 Å². The number of likely N-dealkylation sites (N-methyl/N-ethyl adjacent to an activating group) is 1. The van der Waals surface area contributed by atoms with E-state index in [1.54, 1.807) is 36.2 Å². The predicted octanol–water partition coefficient (Wildman–Crippen LogP) is 2.92. The Morgan fingerprint density at radius 3 is 2.36 bits per heavy atom. The van der Waals surface area contributed by atoms with Crippen LogP contribution >= 0.6 is 11.6 Å². The van der Waals surface area contributed by atoms with Crippen molar-refractivity contribution in [3.63, 3.8) is 0 Å². The van der Waals surface area contributed by atoms with Crippen LogP contribution in [0.2, 0.25) is 5.02 Å². The minimum atomic E-state index is -0.289. The van der Waals surface area contributed by atoms with Crippen LogP contribution in [-0.2, 0) is 9.59 Å². The molecule has 0 radical (unpaired) electrons. The molecular weight excluding hydrogens is 340 g/mol. The van der Waals surface area contributed by atoms with Crippen molar-refractivity contribution in [3.8, 4) is 0 Å². The summed E-state index contributed by atoms with van der Waals surface area (Å²) in [5, 5.41) is 9.79. The largest absolute Gasteiger partial charge is 0.395 e. The van der Waals surface area contributed by atoms with Crippen molar-refractivity contribution in [2.75, 3.05) is 26.7 Å². The van der Waals surface area contributed by atoms with Gasteiger partial charge in [0.15, 0.2) is 0 Å². The molecule has 2 rings (SSSR count). The molecule has 0 aliphatic carbocycles. The maximum atomic E-state index is 12.9. The monoisotopic (exact) mass is 364 g/mol. The molecule has 1 heterocycles. The van der Waals surface area contributed by atoms with Gasteiger partial charge in [0.05, 0.1) is 12.2 Å². The third-order valence-electron chi connectivity index (χ3n) is 4.33. The van der Waals surface area contributed by atoms with E-state index < -0.39 is 0 Å². The van der Waals surface area contributed by atoms with Crippen molar-refractivity contribution in [1.82, 2.24) is 9.80 Å². The van der Waals surface area contributed by atoms with E-state index in [4.69, 9.17) is 11.6 Å². The molecule has 1 aromatic carbocycles. The second-order valence-electron chi connectivity index (χ2n) is 6.20. The molecule has 5 nitrogen and oxygen atoms in total. The number of benzene rings is 1. The fourth-order valence-corrected chi connectivity index (χ4v) is 3.08. The van der Waals surface area contributed by atoms with Gasteiger partial charge in [0.2, 0.25) is 0 Å². The summed E-state index contributed by atoms with van der Waals surface area (Å²) in [5.41, 5.74) is 1.39. The van der Waals surface area contributed by atoms with E-state index in [2.05, 4.69) is 6.92 Å². The predicted molar refractivity (Wildman–Crippen MR) is 98.9 cm³/mol. The first-order valence-corrected chi connectivity index (χ1v) is 9.07. The molecule has 1 N–H and O–H groups in total. The molecule has 0 saturated heterocycles. The number of unbranched alkanes of at least 4 members (excludes halogenated alkanes) is 3. The third-order valence-corrected chi connectivity index (χ3v) is 4.58. The molecule has 6 heteroatoms. The number of carbonyl (C=O) groups is 2. The Hall–Kier alpha value is -1.85. The maximum absolute atomic E-state index is 12.9. The van der Waals surface area contributed by atoms with Crippen LogP contribution in [0.3, 0.4) is 0 Å². The molecule has 0 atom stereocenters. The van der Waals surface area contributed by atoms with Gasteiger partial charge in [-0.25, -0.2) is 0 Å². The zero-order chi connectivity index (χ0) is 18.4. The number of nitrogens with zero attached hydrogens (tertiary/aromatic N) is 2. The van der Waals surface area contributed by atoms with Crippen LogP contribution in [-0.4, -0.2) is 53.5 Å². The topological polar surface area (TPSA) is 60.9 Å². The van der Waals surface area contributed by atoms with E-state index in [0.29, 0.717) is 28.4 Å². The number of amides is 2. The molecule has 0 saturated carbocycles. The van der Waals surface area contributed by atoms with Gasteiger partial charge in [-0.1, -0.05) is 49.9 Å². The number of imide groups is 1. The fraction of sp³-hybridized carbons (Fsp3) is 0.474. The average molecular weight is 365 g/mol. The van der Waals surface area contributed by atoms with Crippen LogP contribution in [0.4, 0.5) is 0 Å². The van der Waals surface area contributed by atoms with E-state index in [0.717, 1.165) is 25.7 Å². The smallest absolute Gasteiger partial charge is 0.277 e. The number of rotatable bonds is 9. The zero-order valence-electron chi connectivity index (χ0n) is 14.8. The van der Waals surface area contributed by atoms with E-state index >= 15 is 0 Å². The summed E-state index contributed by atoms with van der Waals surface area (Å²) in [6, 6.07) is 6.90. The van der Waals surface area contributed by atoms with Gasteiger partial charge in [-0.05, 0) is 24.1 Å². The van der Waals surface area contributed by atoms with Crippen LogP contribution in [0.15, 0.2) is 30.0 Å². The molecule has 0 bridgehead atoms. The Morgan fingerprint density at radius 1 is 1.08 bits per heavy atom. The molecule has 25 heavy (non-hydrogen) atoms. The minimum Gasteiger partial charge on any atom is -0.395 e. The van der Waals surface area contributed by atoms with E-state index in [1.807, 2.05) is 0 Å². The van der Waals surface area contributed by atoms with Crippen molar-refractivity contribution in [3.05, 3.63) is 40.5 Å².